The largest absolute Gasteiger partial charge is 0.347 e. The number of aromatic nitrogens is 1. The summed E-state index contributed by atoms with van der Waals surface area (Å²) in [5.41, 5.74) is 5.51. The fourth-order valence-electron chi connectivity index (χ4n) is 1.49. The molecule has 1 saturated heterocycles. The third-order valence-corrected chi connectivity index (χ3v) is 3.41. The smallest absolute Gasteiger partial charge is 0.185 e. The summed E-state index contributed by atoms with van der Waals surface area (Å²) in [6.07, 6.45) is 3.12. The molecule has 0 amide bonds. The lowest BCUT2D eigenvalue weighted by atomic mass is 10.1. The minimum absolute atomic E-state index is 0. The Morgan fingerprint density at radius 3 is 2.67 bits per heavy atom. The van der Waals surface area contributed by atoms with Gasteiger partial charge in [-0.15, -0.1) is 23.7 Å². The molecule has 0 radical (unpaired) electrons. The third-order valence-electron chi connectivity index (χ3n) is 2.33. The van der Waals surface area contributed by atoms with Crippen LogP contribution in [0.25, 0.3) is 0 Å². The lowest BCUT2D eigenvalue weighted by Gasteiger charge is -2.25. The van der Waals surface area contributed by atoms with Gasteiger partial charge in [-0.25, -0.2) is 4.98 Å². The molecule has 1 aliphatic rings. The second kappa shape index (κ2) is 5.44. The highest BCUT2D eigenvalue weighted by atomic mass is 35.5. The van der Waals surface area contributed by atoms with Crippen LogP contribution < -0.4 is 10.6 Å². The van der Waals surface area contributed by atoms with E-state index in [4.69, 9.17) is 5.73 Å². The lowest BCUT2D eigenvalue weighted by Crippen LogP contribution is -2.33. The monoisotopic (exact) mass is 247 g/mol. The van der Waals surface area contributed by atoms with Gasteiger partial charge in [0.2, 0.25) is 0 Å². The van der Waals surface area contributed by atoms with Crippen molar-refractivity contribution in [2.75, 3.05) is 18.0 Å². The van der Waals surface area contributed by atoms with Crippen LogP contribution in [-0.2, 0) is 11.3 Å². The highest BCUT2D eigenvalue weighted by Crippen LogP contribution is 2.24. The zero-order valence-corrected chi connectivity index (χ0v) is 9.94. The van der Waals surface area contributed by atoms with Gasteiger partial charge in [0.25, 0.3) is 0 Å². The summed E-state index contributed by atoms with van der Waals surface area (Å²) in [5, 5.41) is 0.998. The van der Waals surface area contributed by atoms with Crippen molar-refractivity contribution in [3.8, 4) is 0 Å². The van der Waals surface area contributed by atoms with E-state index >= 15 is 0 Å². The van der Waals surface area contributed by atoms with Crippen molar-refractivity contribution in [2.24, 2.45) is 5.73 Å². The normalized spacial score (nSPS) is 16.3. The van der Waals surface area contributed by atoms with E-state index < -0.39 is 0 Å². The fraction of sp³-hybridized carbons (Fsp3) is 0.556. The Balaban J connectivity index is 0.00000112. The highest BCUT2D eigenvalue weighted by molar-refractivity contribution is 7.15. The molecule has 0 spiro atoms. The molecule has 0 saturated carbocycles. The number of hydrogen-bond acceptors (Lipinski definition) is 5. The van der Waals surface area contributed by atoms with Crippen LogP contribution in [0.3, 0.4) is 0 Å². The number of hydrogen-bond donors (Lipinski definition) is 1. The van der Waals surface area contributed by atoms with Crippen molar-refractivity contribution >= 4 is 34.7 Å². The molecule has 0 unspecified atom stereocenters. The van der Waals surface area contributed by atoms with E-state index in [2.05, 4.69) is 9.88 Å². The number of nitrogens with zero attached hydrogens (tertiary/aromatic N) is 2. The van der Waals surface area contributed by atoms with Gasteiger partial charge in [-0.2, -0.15) is 0 Å². The molecule has 15 heavy (non-hydrogen) atoms. The molecule has 1 aromatic heterocycles. The number of anilines is 1. The van der Waals surface area contributed by atoms with Crippen LogP contribution in [0.5, 0.6) is 0 Å². The van der Waals surface area contributed by atoms with Gasteiger partial charge in [0.05, 0.1) is 0 Å². The highest BCUT2D eigenvalue weighted by Gasteiger charge is 2.18. The molecule has 84 valence electrons. The number of rotatable bonds is 2. The summed E-state index contributed by atoms with van der Waals surface area (Å²) in [4.78, 5) is 18.6. The van der Waals surface area contributed by atoms with E-state index in [1.54, 1.807) is 11.3 Å². The molecule has 4 nitrogen and oxygen atoms in total. The van der Waals surface area contributed by atoms with Gasteiger partial charge < -0.3 is 10.6 Å². The zero-order chi connectivity index (χ0) is 9.97. The zero-order valence-electron chi connectivity index (χ0n) is 8.31. The first-order valence-electron chi connectivity index (χ1n) is 4.71. The molecular formula is C9H14ClN3OS. The summed E-state index contributed by atoms with van der Waals surface area (Å²) < 4.78 is 0. The Morgan fingerprint density at radius 2 is 2.13 bits per heavy atom. The number of carbonyl (C=O) groups excluding carboxylic acids is 1. The Morgan fingerprint density at radius 1 is 1.47 bits per heavy atom. The quantitative estimate of drug-likeness (QED) is 0.853. The fourth-order valence-corrected chi connectivity index (χ4v) is 2.33. The summed E-state index contributed by atoms with van der Waals surface area (Å²) in [6.45, 7) is 2.15. The molecule has 0 atom stereocenters. The topological polar surface area (TPSA) is 59.2 Å². The van der Waals surface area contributed by atoms with Crippen molar-refractivity contribution < 1.29 is 4.79 Å². The van der Waals surface area contributed by atoms with Crippen molar-refractivity contribution in [3.63, 3.8) is 0 Å². The Kier molecular flexibility index (Phi) is 4.50. The van der Waals surface area contributed by atoms with E-state index in [1.165, 1.54) is 0 Å². The number of ketones is 1. The number of thiazole rings is 1. The van der Waals surface area contributed by atoms with Crippen LogP contribution in [0, 0.1) is 0 Å². The number of carbonyl (C=O) groups is 1. The first kappa shape index (κ1) is 12.4. The van der Waals surface area contributed by atoms with Gasteiger partial charge in [-0.3, -0.25) is 4.79 Å². The molecule has 2 rings (SSSR count). The van der Waals surface area contributed by atoms with Crippen molar-refractivity contribution in [1.29, 1.82) is 0 Å². The second-order valence-electron chi connectivity index (χ2n) is 3.34. The average Bonchev–Trinajstić information content (AvgIpc) is 2.67. The molecule has 0 bridgehead atoms. The van der Waals surface area contributed by atoms with Crippen molar-refractivity contribution in [3.05, 3.63) is 11.1 Å². The molecule has 0 aromatic carbocycles. The van der Waals surface area contributed by atoms with E-state index in [-0.39, 0.29) is 12.4 Å². The predicted molar refractivity (Wildman–Crippen MR) is 63.7 cm³/mol. The molecule has 1 aromatic rings. The molecule has 1 aliphatic heterocycles. The number of piperidine rings is 1. The first-order valence-corrected chi connectivity index (χ1v) is 5.52. The van der Waals surface area contributed by atoms with E-state index in [1.807, 2.05) is 6.20 Å². The predicted octanol–water partition coefficient (Wildman–Crippen LogP) is 1.19. The van der Waals surface area contributed by atoms with Crippen LogP contribution >= 0.6 is 23.7 Å². The van der Waals surface area contributed by atoms with Crippen LogP contribution in [0.2, 0.25) is 0 Å². The SMILES string of the molecule is Cl.NCc1cnc(N2CCC(=O)CC2)s1. The number of halogens is 1. The van der Waals surface area contributed by atoms with Gasteiger partial charge in [0.1, 0.15) is 5.78 Å². The second-order valence-corrected chi connectivity index (χ2v) is 4.43. The van der Waals surface area contributed by atoms with Gasteiger partial charge in [0, 0.05) is 43.5 Å². The maximum atomic E-state index is 11.0. The number of Topliss-reactive ketones (excluding diaryl/α,β-unsaturated/α-hetero) is 1. The maximum Gasteiger partial charge on any atom is 0.185 e. The molecule has 2 N–H and O–H groups in total. The van der Waals surface area contributed by atoms with Gasteiger partial charge >= 0.3 is 0 Å². The first-order chi connectivity index (χ1) is 6.79. The molecule has 2 heterocycles. The Bertz CT molecular complexity index is 332. The molecule has 1 fully saturated rings. The molecule has 6 heteroatoms. The summed E-state index contributed by atoms with van der Waals surface area (Å²) in [7, 11) is 0. The molecule has 0 aliphatic carbocycles. The number of nitrogens with two attached hydrogens (primary N) is 1. The Hall–Kier alpha value is -0.650. The van der Waals surface area contributed by atoms with Crippen LogP contribution in [-0.4, -0.2) is 23.9 Å². The minimum atomic E-state index is 0. The molecular weight excluding hydrogens is 234 g/mol. The van der Waals surface area contributed by atoms with Crippen LogP contribution in [0.4, 0.5) is 5.13 Å². The average molecular weight is 248 g/mol. The summed E-state index contributed by atoms with van der Waals surface area (Å²) >= 11 is 1.62. The van der Waals surface area contributed by atoms with Gasteiger partial charge in [0.15, 0.2) is 5.13 Å². The Labute approximate surface area is 98.9 Å². The van der Waals surface area contributed by atoms with Crippen LogP contribution in [0.1, 0.15) is 17.7 Å². The summed E-state index contributed by atoms with van der Waals surface area (Å²) in [6, 6.07) is 0. The van der Waals surface area contributed by atoms with Crippen molar-refractivity contribution in [1.82, 2.24) is 4.98 Å². The standard InChI is InChI=1S/C9H13N3OS.ClH/c10-5-8-6-11-9(14-8)12-3-1-7(13)2-4-12;/h6H,1-5,10H2;1H. The lowest BCUT2D eigenvalue weighted by molar-refractivity contribution is -0.119. The van der Waals surface area contributed by atoms with E-state index in [0.29, 0.717) is 25.2 Å². The summed E-state index contributed by atoms with van der Waals surface area (Å²) in [5.74, 6) is 0.358. The van der Waals surface area contributed by atoms with Gasteiger partial charge in [-0.1, -0.05) is 0 Å². The van der Waals surface area contributed by atoms with Gasteiger partial charge in [-0.05, 0) is 0 Å². The minimum Gasteiger partial charge on any atom is -0.347 e. The van der Waals surface area contributed by atoms with E-state index in [9.17, 15) is 4.79 Å². The maximum absolute atomic E-state index is 11.0. The third kappa shape index (κ3) is 2.90. The van der Waals surface area contributed by atoms with Crippen molar-refractivity contribution in [2.45, 2.75) is 19.4 Å². The van der Waals surface area contributed by atoms with E-state index in [0.717, 1.165) is 23.1 Å². The van der Waals surface area contributed by atoms with Crippen LogP contribution in [0.15, 0.2) is 6.20 Å².